The third-order valence-electron chi connectivity index (χ3n) is 6.69. The van der Waals surface area contributed by atoms with Gasteiger partial charge in [-0.3, -0.25) is 14.4 Å². The first-order valence-corrected chi connectivity index (χ1v) is 13.1. The zero-order valence-corrected chi connectivity index (χ0v) is 21.3. The first kappa shape index (κ1) is 27.0. The number of pyridine rings is 1. The number of benzene rings is 2. The number of aromatic nitrogens is 1. The predicted octanol–water partition coefficient (Wildman–Crippen LogP) is 5.16. The fourth-order valence-electron chi connectivity index (χ4n) is 4.76. The van der Waals surface area contributed by atoms with Crippen molar-refractivity contribution in [1.82, 2.24) is 15.2 Å². The summed E-state index contributed by atoms with van der Waals surface area (Å²) in [7, 11) is 0. The van der Waals surface area contributed by atoms with Gasteiger partial charge in [-0.25, -0.2) is 9.37 Å². The molecule has 198 valence electrons. The summed E-state index contributed by atoms with van der Waals surface area (Å²) in [4.78, 5) is 45.3. The maximum atomic E-state index is 13.8. The van der Waals surface area contributed by atoms with Gasteiger partial charge in [0.15, 0.2) is 0 Å². The Morgan fingerprint density at radius 2 is 1.63 bits per heavy atom. The molecule has 2 aromatic carbocycles. The molecule has 3 aromatic rings. The molecule has 0 spiro atoms. The Bertz CT molecular complexity index is 1200. The van der Waals surface area contributed by atoms with E-state index >= 15 is 0 Å². The van der Waals surface area contributed by atoms with Crippen LogP contribution in [0.5, 0.6) is 0 Å². The smallest absolute Gasteiger partial charge is 0.247 e. The zero-order valence-electron chi connectivity index (χ0n) is 21.3. The molecule has 0 saturated heterocycles. The molecular weight excluding hydrogens is 483 g/mol. The van der Waals surface area contributed by atoms with Crippen LogP contribution in [0.3, 0.4) is 0 Å². The second-order valence-corrected chi connectivity index (χ2v) is 9.57. The van der Waals surface area contributed by atoms with E-state index in [1.54, 1.807) is 41.4 Å². The van der Waals surface area contributed by atoms with E-state index in [0.29, 0.717) is 17.8 Å². The first-order chi connectivity index (χ1) is 18.5. The van der Waals surface area contributed by atoms with Crippen LogP contribution in [0.25, 0.3) is 0 Å². The summed E-state index contributed by atoms with van der Waals surface area (Å²) in [5.41, 5.74) is 1.41. The van der Waals surface area contributed by atoms with Gasteiger partial charge in [0.05, 0.1) is 0 Å². The Morgan fingerprint density at radius 3 is 2.32 bits per heavy atom. The Kier molecular flexibility index (Phi) is 9.56. The lowest BCUT2D eigenvalue weighted by atomic mass is 10.0. The van der Waals surface area contributed by atoms with Gasteiger partial charge in [-0.15, -0.1) is 0 Å². The average Bonchev–Trinajstić information content (AvgIpc) is 3.43. The minimum Gasteiger partial charge on any atom is -0.351 e. The highest BCUT2D eigenvalue weighted by Gasteiger charge is 2.33. The van der Waals surface area contributed by atoms with Crippen molar-refractivity contribution in [3.05, 3.63) is 95.9 Å². The van der Waals surface area contributed by atoms with E-state index in [9.17, 15) is 18.8 Å². The summed E-state index contributed by atoms with van der Waals surface area (Å²) >= 11 is 0. The van der Waals surface area contributed by atoms with Gasteiger partial charge in [-0.2, -0.15) is 0 Å². The molecule has 0 radical (unpaired) electrons. The monoisotopic (exact) mass is 516 g/mol. The molecule has 1 aliphatic rings. The minimum atomic E-state index is -0.925. The van der Waals surface area contributed by atoms with Gasteiger partial charge >= 0.3 is 0 Å². The Morgan fingerprint density at radius 1 is 0.921 bits per heavy atom. The molecule has 2 N–H and O–H groups in total. The Labute approximate surface area is 222 Å². The highest BCUT2D eigenvalue weighted by Crippen LogP contribution is 2.27. The van der Waals surface area contributed by atoms with E-state index in [1.165, 1.54) is 12.1 Å². The molecule has 1 saturated carbocycles. The standard InChI is InChI=1S/C30H33FN4O3/c31-24-18-16-23(17-19-24)29(30(38)33-25-11-4-5-12-25)35(21-22-9-2-1-3-10-22)28(37)15-8-14-27(36)34-26-13-6-7-20-32-26/h1-3,6-7,9-10,13,16-20,25,29H,4-5,8,11-12,14-15,21H2,(H,33,38)(H,32,34,36)/t29-/m0/s1. The molecule has 1 heterocycles. The van der Waals surface area contributed by atoms with E-state index in [2.05, 4.69) is 15.6 Å². The van der Waals surface area contributed by atoms with Crippen LogP contribution >= 0.6 is 0 Å². The molecule has 1 atom stereocenters. The lowest BCUT2D eigenvalue weighted by Gasteiger charge is -2.32. The zero-order chi connectivity index (χ0) is 26.7. The van der Waals surface area contributed by atoms with Crippen molar-refractivity contribution < 1.29 is 18.8 Å². The topological polar surface area (TPSA) is 91.4 Å². The molecule has 0 bridgehead atoms. The fraction of sp³-hybridized carbons (Fsp3) is 0.333. The molecule has 1 aromatic heterocycles. The largest absolute Gasteiger partial charge is 0.351 e. The number of nitrogens with one attached hydrogen (secondary N) is 2. The average molecular weight is 517 g/mol. The number of hydrogen-bond donors (Lipinski definition) is 2. The molecule has 0 aliphatic heterocycles. The summed E-state index contributed by atoms with van der Waals surface area (Å²) in [6, 6.07) is 19.5. The van der Waals surface area contributed by atoms with Crippen LogP contribution in [0.15, 0.2) is 79.0 Å². The highest BCUT2D eigenvalue weighted by molar-refractivity contribution is 5.91. The molecular formula is C30H33FN4O3. The summed E-state index contributed by atoms with van der Waals surface area (Å²) in [6.07, 6.45) is 6.03. The Hall–Kier alpha value is -4.07. The van der Waals surface area contributed by atoms with Gasteiger partial charge in [-0.05, 0) is 54.7 Å². The van der Waals surface area contributed by atoms with Crippen LogP contribution in [-0.4, -0.2) is 33.6 Å². The van der Waals surface area contributed by atoms with Crippen LogP contribution in [0.4, 0.5) is 10.2 Å². The van der Waals surface area contributed by atoms with E-state index in [0.717, 1.165) is 31.2 Å². The molecule has 7 nitrogen and oxygen atoms in total. The van der Waals surface area contributed by atoms with Gasteiger partial charge in [0.2, 0.25) is 17.7 Å². The van der Waals surface area contributed by atoms with E-state index in [1.807, 2.05) is 30.3 Å². The second-order valence-electron chi connectivity index (χ2n) is 9.57. The maximum Gasteiger partial charge on any atom is 0.247 e. The molecule has 3 amide bonds. The third kappa shape index (κ3) is 7.71. The number of carbonyl (C=O) groups excluding carboxylic acids is 3. The summed E-state index contributed by atoms with van der Waals surface area (Å²) in [5.74, 6) is -0.728. The van der Waals surface area contributed by atoms with Gasteiger partial charge in [0.1, 0.15) is 17.7 Å². The minimum absolute atomic E-state index is 0.0643. The summed E-state index contributed by atoms with van der Waals surface area (Å²) < 4.78 is 13.8. The number of carbonyl (C=O) groups is 3. The number of amides is 3. The first-order valence-electron chi connectivity index (χ1n) is 13.1. The quantitative estimate of drug-likeness (QED) is 0.368. The van der Waals surface area contributed by atoms with Gasteiger partial charge in [-0.1, -0.05) is 61.4 Å². The molecule has 1 fully saturated rings. The van der Waals surface area contributed by atoms with Gasteiger partial charge < -0.3 is 15.5 Å². The van der Waals surface area contributed by atoms with Crippen LogP contribution < -0.4 is 10.6 Å². The van der Waals surface area contributed by atoms with Crippen molar-refractivity contribution in [2.24, 2.45) is 0 Å². The van der Waals surface area contributed by atoms with Crippen molar-refractivity contribution in [3.63, 3.8) is 0 Å². The SMILES string of the molecule is O=C(CCCC(=O)N(Cc1ccccc1)[C@H](C(=O)NC1CCCC1)c1ccc(F)cc1)Nc1ccccn1. The van der Waals surface area contributed by atoms with Crippen molar-refractivity contribution in [2.45, 2.75) is 63.6 Å². The van der Waals surface area contributed by atoms with E-state index < -0.39 is 11.9 Å². The number of halogens is 1. The molecule has 38 heavy (non-hydrogen) atoms. The van der Waals surface area contributed by atoms with Gasteiger partial charge in [0, 0.05) is 31.6 Å². The van der Waals surface area contributed by atoms with Crippen molar-refractivity contribution >= 4 is 23.5 Å². The lowest BCUT2D eigenvalue weighted by molar-refractivity contribution is -0.142. The van der Waals surface area contributed by atoms with E-state index in [-0.39, 0.29) is 43.1 Å². The highest BCUT2D eigenvalue weighted by atomic mass is 19.1. The van der Waals surface area contributed by atoms with Crippen LogP contribution in [0.1, 0.15) is 62.1 Å². The number of nitrogens with zero attached hydrogens (tertiary/aromatic N) is 2. The predicted molar refractivity (Wildman–Crippen MR) is 143 cm³/mol. The third-order valence-corrected chi connectivity index (χ3v) is 6.69. The lowest BCUT2D eigenvalue weighted by Crippen LogP contribution is -2.45. The van der Waals surface area contributed by atoms with Crippen molar-refractivity contribution in [1.29, 1.82) is 0 Å². The number of hydrogen-bond acceptors (Lipinski definition) is 4. The number of anilines is 1. The molecule has 0 unspecified atom stereocenters. The molecule has 8 heteroatoms. The maximum absolute atomic E-state index is 13.8. The fourth-order valence-corrected chi connectivity index (χ4v) is 4.76. The molecule has 1 aliphatic carbocycles. The van der Waals surface area contributed by atoms with Crippen molar-refractivity contribution in [2.75, 3.05) is 5.32 Å². The normalized spacial score (nSPS) is 14.0. The van der Waals surface area contributed by atoms with Crippen molar-refractivity contribution in [3.8, 4) is 0 Å². The second kappa shape index (κ2) is 13.5. The summed E-state index contributed by atoms with van der Waals surface area (Å²) in [6.45, 7) is 0.208. The van der Waals surface area contributed by atoms with Crippen LogP contribution in [-0.2, 0) is 20.9 Å². The van der Waals surface area contributed by atoms with Gasteiger partial charge in [0.25, 0.3) is 0 Å². The molecule has 4 rings (SSSR count). The summed E-state index contributed by atoms with van der Waals surface area (Å²) in [5, 5.41) is 5.84. The van der Waals surface area contributed by atoms with E-state index in [4.69, 9.17) is 0 Å². The number of rotatable bonds is 11. The van der Waals surface area contributed by atoms with Crippen LogP contribution in [0, 0.1) is 5.82 Å². The Balaban J connectivity index is 1.52. The van der Waals surface area contributed by atoms with Crippen LogP contribution in [0.2, 0.25) is 0 Å².